The average Bonchev–Trinajstić information content (AvgIpc) is 3.40. The molecule has 4 heterocycles. The van der Waals surface area contributed by atoms with Crippen molar-refractivity contribution < 1.29 is 14.3 Å². The molecule has 0 saturated carbocycles. The van der Waals surface area contributed by atoms with Gasteiger partial charge in [-0.3, -0.25) is 14.4 Å². The summed E-state index contributed by atoms with van der Waals surface area (Å²) in [6.07, 6.45) is 4.52. The molecule has 7 nitrogen and oxygen atoms in total. The predicted molar refractivity (Wildman–Crippen MR) is 98.4 cm³/mol. The van der Waals surface area contributed by atoms with Gasteiger partial charge in [-0.2, -0.15) is 5.10 Å². The molecule has 1 atom stereocenters. The van der Waals surface area contributed by atoms with Crippen molar-refractivity contribution in [3.05, 3.63) is 41.7 Å². The third-order valence-corrected chi connectivity index (χ3v) is 5.70. The summed E-state index contributed by atoms with van der Waals surface area (Å²) in [5.74, 6) is 1.95. The van der Waals surface area contributed by atoms with Crippen molar-refractivity contribution in [3.63, 3.8) is 0 Å². The second-order valence-electron chi connectivity index (χ2n) is 7.55. The molecule has 142 valence electrons. The first kappa shape index (κ1) is 16.6. The van der Waals surface area contributed by atoms with E-state index in [2.05, 4.69) is 32.9 Å². The molecule has 1 aromatic carbocycles. The summed E-state index contributed by atoms with van der Waals surface area (Å²) in [5.41, 5.74) is 2.46. The maximum Gasteiger partial charge on any atom is 0.231 e. The molecule has 7 heteroatoms. The molecule has 2 aromatic rings. The van der Waals surface area contributed by atoms with Gasteiger partial charge >= 0.3 is 0 Å². The molecule has 0 spiro atoms. The Morgan fingerprint density at radius 3 is 3.00 bits per heavy atom. The SMILES string of the molecule is O=C1CCCN1CCC1CN(Cc2ccc3c(c2)OCO3)Cc2ccnn21. The van der Waals surface area contributed by atoms with E-state index in [4.69, 9.17) is 9.47 Å². The number of aromatic nitrogens is 2. The van der Waals surface area contributed by atoms with Gasteiger partial charge in [0.25, 0.3) is 0 Å². The number of hydrogen-bond acceptors (Lipinski definition) is 5. The number of hydrogen-bond donors (Lipinski definition) is 0. The van der Waals surface area contributed by atoms with Crippen LogP contribution in [0, 0.1) is 0 Å². The van der Waals surface area contributed by atoms with Crippen molar-refractivity contribution >= 4 is 5.91 Å². The van der Waals surface area contributed by atoms with Gasteiger partial charge in [0.15, 0.2) is 11.5 Å². The number of carbonyl (C=O) groups excluding carboxylic acids is 1. The van der Waals surface area contributed by atoms with E-state index in [0.717, 1.165) is 57.1 Å². The Labute approximate surface area is 158 Å². The molecule has 27 heavy (non-hydrogen) atoms. The lowest BCUT2D eigenvalue weighted by molar-refractivity contribution is -0.127. The maximum absolute atomic E-state index is 11.9. The van der Waals surface area contributed by atoms with E-state index < -0.39 is 0 Å². The highest BCUT2D eigenvalue weighted by molar-refractivity contribution is 5.78. The van der Waals surface area contributed by atoms with E-state index in [1.165, 1.54) is 11.3 Å². The van der Waals surface area contributed by atoms with Gasteiger partial charge in [0, 0.05) is 45.3 Å². The van der Waals surface area contributed by atoms with Crippen molar-refractivity contribution in [3.8, 4) is 11.5 Å². The van der Waals surface area contributed by atoms with Crippen molar-refractivity contribution in [1.82, 2.24) is 19.6 Å². The first-order chi connectivity index (χ1) is 13.3. The standard InChI is InChI=1S/C20H24N4O3/c25-20-2-1-8-23(20)9-6-17-13-22(12-16-5-7-21-24(16)17)11-15-3-4-18-19(10-15)27-14-26-18/h3-5,7,10,17H,1-2,6,8-9,11-14H2. The van der Waals surface area contributed by atoms with Crippen LogP contribution in [0.15, 0.2) is 30.5 Å². The fourth-order valence-corrected chi connectivity index (χ4v) is 4.34. The second-order valence-corrected chi connectivity index (χ2v) is 7.55. The third kappa shape index (κ3) is 3.27. The van der Waals surface area contributed by atoms with Crippen molar-refractivity contribution in [2.24, 2.45) is 0 Å². The van der Waals surface area contributed by atoms with E-state index in [9.17, 15) is 4.79 Å². The Kier molecular flexibility index (Phi) is 4.24. The molecule has 1 unspecified atom stereocenters. The predicted octanol–water partition coefficient (Wildman–Crippen LogP) is 2.18. The zero-order chi connectivity index (χ0) is 18.2. The molecule has 3 aliphatic rings. The molecule has 1 aromatic heterocycles. The number of carbonyl (C=O) groups is 1. The quantitative estimate of drug-likeness (QED) is 0.810. The smallest absolute Gasteiger partial charge is 0.231 e. The molecular formula is C20H24N4O3. The van der Waals surface area contributed by atoms with Gasteiger partial charge in [0.1, 0.15) is 0 Å². The van der Waals surface area contributed by atoms with Crippen LogP contribution in [0.1, 0.15) is 36.6 Å². The van der Waals surface area contributed by atoms with Crippen LogP contribution >= 0.6 is 0 Å². The van der Waals surface area contributed by atoms with Gasteiger partial charge in [0.2, 0.25) is 12.7 Å². The summed E-state index contributed by atoms with van der Waals surface area (Å²) in [5, 5.41) is 4.54. The van der Waals surface area contributed by atoms with Gasteiger partial charge in [0.05, 0.1) is 11.7 Å². The Morgan fingerprint density at radius 1 is 1.19 bits per heavy atom. The Morgan fingerprint density at radius 2 is 2.11 bits per heavy atom. The topological polar surface area (TPSA) is 59.8 Å². The van der Waals surface area contributed by atoms with E-state index in [-0.39, 0.29) is 0 Å². The van der Waals surface area contributed by atoms with Gasteiger partial charge in [-0.05, 0) is 36.6 Å². The number of fused-ring (bicyclic) bond motifs is 2. The minimum Gasteiger partial charge on any atom is -0.454 e. The highest BCUT2D eigenvalue weighted by Gasteiger charge is 2.28. The molecule has 1 fully saturated rings. The van der Waals surface area contributed by atoms with Gasteiger partial charge in [-0.25, -0.2) is 0 Å². The molecule has 1 saturated heterocycles. The van der Waals surface area contributed by atoms with Gasteiger partial charge in [-0.15, -0.1) is 0 Å². The fourth-order valence-electron chi connectivity index (χ4n) is 4.34. The first-order valence-corrected chi connectivity index (χ1v) is 9.67. The molecule has 0 aliphatic carbocycles. The van der Waals surface area contributed by atoms with E-state index >= 15 is 0 Å². The monoisotopic (exact) mass is 368 g/mol. The highest BCUT2D eigenvalue weighted by Crippen LogP contribution is 2.33. The molecule has 0 N–H and O–H groups in total. The zero-order valence-corrected chi connectivity index (χ0v) is 15.3. The number of rotatable bonds is 5. The summed E-state index contributed by atoms with van der Waals surface area (Å²) in [7, 11) is 0. The molecule has 0 bridgehead atoms. The lowest BCUT2D eigenvalue weighted by Gasteiger charge is -2.34. The highest BCUT2D eigenvalue weighted by atomic mass is 16.7. The summed E-state index contributed by atoms with van der Waals surface area (Å²) in [4.78, 5) is 16.4. The normalized spacial score (nSPS) is 21.7. The van der Waals surface area contributed by atoms with Crippen LogP contribution in [0.2, 0.25) is 0 Å². The first-order valence-electron chi connectivity index (χ1n) is 9.67. The van der Waals surface area contributed by atoms with Crippen LogP contribution < -0.4 is 9.47 Å². The minimum atomic E-state index is 0.295. The largest absolute Gasteiger partial charge is 0.454 e. The van der Waals surface area contributed by atoms with E-state index in [1.807, 2.05) is 17.2 Å². The van der Waals surface area contributed by atoms with Crippen molar-refractivity contribution in [2.45, 2.75) is 38.4 Å². The Hall–Kier alpha value is -2.54. The summed E-state index contributed by atoms with van der Waals surface area (Å²) in [6, 6.07) is 8.57. The summed E-state index contributed by atoms with van der Waals surface area (Å²) >= 11 is 0. The second kappa shape index (κ2) is 6.88. The van der Waals surface area contributed by atoms with Crippen molar-refractivity contribution in [1.29, 1.82) is 0 Å². The maximum atomic E-state index is 11.9. The summed E-state index contributed by atoms with van der Waals surface area (Å²) in [6.45, 7) is 4.71. The number of nitrogens with zero attached hydrogens (tertiary/aromatic N) is 4. The third-order valence-electron chi connectivity index (χ3n) is 5.70. The van der Waals surface area contributed by atoms with Crippen LogP contribution in [-0.4, -0.2) is 51.9 Å². The fraction of sp³-hybridized carbons (Fsp3) is 0.500. The van der Waals surface area contributed by atoms with Gasteiger partial charge < -0.3 is 14.4 Å². The zero-order valence-electron chi connectivity index (χ0n) is 15.3. The van der Waals surface area contributed by atoms with Gasteiger partial charge in [-0.1, -0.05) is 6.07 Å². The number of benzene rings is 1. The number of amides is 1. The Balaban J connectivity index is 1.28. The molecule has 3 aliphatic heterocycles. The number of ether oxygens (including phenoxy) is 2. The average molecular weight is 368 g/mol. The number of likely N-dealkylation sites (tertiary alicyclic amines) is 1. The van der Waals surface area contributed by atoms with E-state index in [0.29, 0.717) is 25.2 Å². The van der Waals surface area contributed by atoms with Crippen LogP contribution in [0.3, 0.4) is 0 Å². The summed E-state index contributed by atoms with van der Waals surface area (Å²) < 4.78 is 13.1. The lowest BCUT2D eigenvalue weighted by atomic mass is 10.1. The van der Waals surface area contributed by atoms with Crippen LogP contribution in [0.25, 0.3) is 0 Å². The van der Waals surface area contributed by atoms with E-state index in [1.54, 1.807) is 0 Å². The lowest BCUT2D eigenvalue weighted by Crippen LogP contribution is -2.39. The van der Waals surface area contributed by atoms with Crippen LogP contribution in [-0.2, 0) is 17.9 Å². The molecule has 0 radical (unpaired) electrons. The van der Waals surface area contributed by atoms with Crippen LogP contribution in [0.5, 0.6) is 11.5 Å². The molecule has 5 rings (SSSR count). The van der Waals surface area contributed by atoms with Crippen molar-refractivity contribution in [2.75, 3.05) is 26.4 Å². The Bertz CT molecular complexity index is 850. The van der Waals surface area contributed by atoms with Crippen LogP contribution in [0.4, 0.5) is 0 Å². The minimum absolute atomic E-state index is 0.295. The molecular weight excluding hydrogens is 344 g/mol. The molecule has 1 amide bonds.